The fourth-order valence-electron chi connectivity index (χ4n) is 2.11. The first-order chi connectivity index (χ1) is 8.85. The van der Waals surface area contributed by atoms with Gasteiger partial charge in [-0.1, -0.05) is 11.3 Å². The van der Waals surface area contributed by atoms with Gasteiger partial charge in [-0.05, 0) is 31.0 Å². The Morgan fingerprint density at radius 3 is 3.28 bits per heavy atom. The number of anilines is 1. The van der Waals surface area contributed by atoms with Gasteiger partial charge >= 0.3 is 0 Å². The molecule has 1 aliphatic rings. The van der Waals surface area contributed by atoms with E-state index in [4.69, 9.17) is 9.47 Å². The molecule has 0 radical (unpaired) electrons. The average molecular weight is 264 g/mol. The van der Waals surface area contributed by atoms with Gasteiger partial charge in [-0.15, -0.1) is 0 Å². The predicted octanol–water partition coefficient (Wildman–Crippen LogP) is 2.90. The summed E-state index contributed by atoms with van der Waals surface area (Å²) in [6.07, 6.45) is 2.65. The summed E-state index contributed by atoms with van der Waals surface area (Å²) in [7, 11) is 1.68. The molecule has 96 valence electrons. The topological polar surface area (TPSA) is 43.4 Å². The van der Waals surface area contributed by atoms with Crippen molar-refractivity contribution in [2.24, 2.45) is 0 Å². The van der Waals surface area contributed by atoms with E-state index in [1.807, 2.05) is 18.2 Å². The monoisotopic (exact) mass is 264 g/mol. The van der Waals surface area contributed by atoms with Crippen LogP contribution >= 0.6 is 11.3 Å². The third-order valence-electron chi connectivity index (χ3n) is 3.10. The highest BCUT2D eigenvalue weighted by atomic mass is 32.1. The smallest absolute Gasteiger partial charge is 0.183 e. The summed E-state index contributed by atoms with van der Waals surface area (Å²) in [6, 6.07) is 5.94. The van der Waals surface area contributed by atoms with E-state index in [0.29, 0.717) is 6.10 Å². The first-order valence-corrected chi connectivity index (χ1v) is 6.97. The van der Waals surface area contributed by atoms with Crippen molar-refractivity contribution in [1.29, 1.82) is 0 Å². The molecule has 18 heavy (non-hydrogen) atoms. The second kappa shape index (κ2) is 5.12. The fourth-order valence-corrected chi connectivity index (χ4v) is 3.02. The van der Waals surface area contributed by atoms with Crippen LogP contribution in [-0.2, 0) is 4.74 Å². The van der Waals surface area contributed by atoms with E-state index in [-0.39, 0.29) is 0 Å². The summed E-state index contributed by atoms with van der Waals surface area (Å²) in [5, 5.41) is 4.31. The average Bonchev–Trinajstić information content (AvgIpc) is 3.04. The van der Waals surface area contributed by atoms with Gasteiger partial charge in [0.25, 0.3) is 0 Å². The van der Waals surface area contributed by atoms with Gasteiger partial charge in [-0.3, -0.25) is 0 Å². The number of methoxy groups -OCH3 is 1. The van der Waals surface area contributed by atoms with E-state index < -0.39 is 0 Å². The van der Waals surface area contributed by atoms with Gasteiger partial charge in [0.05, 0.1) is 23.4 Å². The molecule has 0 saturated carbocycles. The van der Waals surface area contributed by atoms with Crippen molar-refractivity contribution >= 4 is 26.7 Å². The van der Waals surface area contributed by atoms with Gasteiger partial charge in [-0.2, -0.15) is 0 Å². The lowest BCUT2D eigenvalue weighted by atomic mass is 10.2. The number of hydrogen-bond acceptors (Lipinski definition) is 5. The van der Waals surface area contributed by atoms with Crippen molar-refractivity contribution in [3.8, 4) is 5.75 Å². The molecule has 1 fully saturated rings. The quantitative estimate of drug-likeness (QED) is 0.922. The van der Waals surface area contributed by atoms with Gasteiger partial charge in [0.1, 0.15) is 5.75 Å². The molecule has 0 bridgehead atoms. The lowest BCUT2D eigenvalue weighted by Crippen LogP contribution is -2.18. The maximum Gasteiger partial charge on any atom is 0.183 e. The van der Waals surface area contributed by atoms with Crippen LogP contribution in [0.15, 0.2) is 18.2 Å². The minimum absolute atomic E-state index is 0.339. The van der Waals surface area contributed by atoms with Crippen LogP contribution in [0.5, 0.6) is 5.75 Å². The largest absolute Gasteiger partial charge is 0.497 e. The van der Waals surface area contributed by atoms with Crippen LogP contribution in [0.25, 0.3) is 10.2 Å². The molecular weight excluding hydrogens is 248 g/mol. The third kappa shape index (κ3) is 2.42. The maximum absolute atomic E-state index is 5.58. The van der Waals surface area contributed by atoms with E-state index in [0.717, 1.165) is 40.7 Å². The zero-order chi connectivity index (χ0) is 12.4. The Morgan fingerprint density at radius 2 is 2.50 bits per heavy atom. The van der Waals surface area contributed by atoms with E-state index in [9.17, 15) is 0 Å². The minimum Gasteiger partial charge on any atom is -0.497 e. The number of thiazole rings is 1. The molecule has 1 aromatic carbocycles. The van der Waals surface area contributed by atoms with Gasteiger partial charge in [-0.25, -0.2) is 4.98 Å². The second-order valence-electron chi connectivity index (χ2n) is 4.37. The molecule has 0 amide bonds. The summed E-state index contributed by atoms with van der Waals surface area (Å²) in [5.41, 5.74) is 1.01. The Balaban J connectivity index is 1.72. The van der Waals surface area contributed by atoms with E-state index in [1.54, 1.807) is 18.4 Å². The zero-order valence-electron chi connectivity index (χ0n) is 10.3. The normalized spacial score (nSPS) is 19.3. The van der Waals surface area contributed by atoms with Crippen molar-refractivity contribution in [3.63, 3.8) is 0 Å². The maximum atomic E-state index is 5.58. The van der Waals surface area contributed by atoms with Crippen molar-refractivity contribution in [2.45, 2.75) is 18.9 Å². The molecule has 1 aromatic heterocycles. The summed E-state index contributed by atoms with van der Waals surface area (Å²) >= 11 is 1.65. The Labute approximate surface area is 110 Å². The highest BCUT2D eigenvalue weighted by Crippen LogP contribution is 2.29. The number of aromatic nitrogens is 1. The predicted molar refractivity (Wildman–Crippen MR) is 73.6 cm³/mol. The Hall–Kier alpha value is -1.33. The van der Waals surface area contributed by atoms with Gasteiger partial charge in [0, 0.05) is 13.2 Å². The lowest BCUT2D eigenvalue weighted by molar-refractivity contribution is 0.120. The molecule has 1 aliphatic heterocycles. The fraction of sp³-hybridized carbons (Fsp3) is 0.462. The van der Waals surface area contributed by atoms with Crippen LogP contribution in [0, 0.1) is 0 Å². The number of rotatable bonds is 4. The molecular formula is C13H16N2O2S. The van der Waals surface area contributed by atoms with Gasteiger partial charge < -0.3 is 14.8 Å². The number of nitrogens with zero attached hydrogens (tertiary/aromatic N) is 1. The summed E-state index contributed by atoms with van der Waals surface area (Å²) in [4.78, 5) is 4.55. The summed E-state index contributed by atoms with van der Waals surface area (Å²) in [5.74, 6) is 0.872. The molecule has 1 saturated heterocycles. The summed E-state index contributed by atoms with van der Waals surface area (Å²) < 4.78 is 11.9. The van der Waals surface area contributed by atoms with E-state index in [2.05, 4.69) is 10.3 Å². The molecule has 3 rings (SSSR count). The van der Waals surface area contributed by atoms with Crippen LogP contribution in [0.3, 0.4) is 0 Å². The minimum atomic E-state index is 0.339. The van der Waals surface area contributed by atoms with Crippen LogP contribution in [0.4, 0.5) is 5.13 Å². The Bertz CT molecular complexity index is 535. The first kappa shape index (κ1) is 11.7. The molecule has 0 aliphatic carbocycles. The molecule has 5 heteroatoms. The van der Waals surface area contributed by atoms with Crippen LogP contribution < -0.4 is 10.1 Å². The standard InChI is InChI=1S/C13H16N2O2S/c1-16-9-4-5-11-12(7-9)18-13(15-11)14-8-10-3-2-6-17-10/h4-5,7,10H,2-3,6,8H2,1H3,(H,14,15). The zero-order valence-corrected chi connectivity index (χ0v) is 11.1. The highest BCUT2D eigenvalue weighted by molar-refractivity contribution is 7.22. The molecule has 1 unspecified atom stereocenters. The summed E-state index contributed by atoms with van der Waals surface area (Å²) in [6.45, 7) is 1.74. The van der Waals surface area contributed by atoms with Crippen molar-refractivity contribution in [1.82, 2.24) is 4.98 Å². The molecule has 1 atom stereocenters. The lowest BCUT2D eigenvalue weighted by Gasteiger charge is -2.08. The van der Waals surface area contributed by atoms with Crippen LogP contribution in [0.1, 0.15) is 12.8 Å². The number of benzene rings is 1. The molecule has 0 spiro atoms. The molecule has 4 nitrogen and oxygen atoms in total. The third-order valence-corrected chi connectivity index (χ3v) is 4.08. The van der Waals surface area contributed by atoms with Crippen molar-refractivity contribution in [2.75, 3.05) is 25.6 Å². The molecule has 1 N–H and O–H groups in total. The number of ether oxygens (including phenoxy) is 2. The first-order valence-electron chi connectivity index (χ1n) is 6.15. The number of fused-ring (bicyclic) bond motifs is 1. The van der Waals surface area contributed by atoms with Crippen LogP contribution in [0.2, 0.25) is 0 Å². The van der Waals surface area contributed by atoms with Crippen molar-refractivity contribution in [3.05, 3.63) is 18.2 Å². The second-order valence-corrected chi connectivity index (χ2v) is 5.40. The molecule has 2 heterocycles. The van der Waals surface area contributed by atoms with Crippen molar-refractivity contribution < 1.29 is 9.47 Å². The van der Waals surface area contributed by atoms with Crippen LogP contribution in [-0.4, -0.2) is 31.3 Å². The van der Waals surface area contributed by atoms with E-state index in [1.165, 1.54) is 6.42 Å². The number of nitrogens with one attached hydrogen (secondary N) is 1. The van der Waals surface area contributed by atoms with E-state index >= 15 is 0 Å². The van der Waals surface area contributed by atoms with Gasteiger partial charge in [0.15, 0.2) is 5.13 Å². The molecule has 2 aromatic rings. The Kier molecular flexibility index (Phi) is 3.34. The Morgan fingerprint density at radius 1 is 1.56 bits per heavy atom. The SMILES string of the molecule is COc1ccc2nc(NCC3CCCO3)sc2c1. The highest BCUT2D eigenvalue weighted by Gasteiger charge is 2.15. The number of hydrogen-bond donors (Lipinski definition) is 1. The van der Waals surface area contributed by atoms with Gasteiger partial charge in [0.2, 0.25) is 0 Å².